The van der Waals surface area contributed by atoms with E-state index in [1.54, 1.807) is 0 Å². The molecule has 2 unspecified atom stereocenters. The normalized spacial score (nSPS) is 24.6. The van der Waals surface area contributed by atoms with E-state index in [0.29, 0.717) is 6.04 Å². The molecule has 4 heteroatoms. The molecule has 4 nitrogen and oxygen atoms in total. The van der Waals surface area contributed by atoms with Gasteiger partial charge in [-0.2, -0.15) is 0 Å². The van der Waals surface area contributed by atoms with Crippen LogP contribution in [0.3, 0.4) is 0 Å². The first-order valence-corrected chi connectivity index (χ1v) is 7.24. The average molecular weight is 255 g/mol. The van der Waals surface area contributed by atoms with Crippen LogP contribution in [0, 0.1) is 0 Å². The Kier molecular flexibility index (Phi) is 6.09. The van der Waals surface area contributed by atoms with Crippen molar-refractivity contribution in [3.8, 4) is 0 Å². The van der Waals surface area contributed by atoms with Gasteiger partial charge < -0.3 is 9.80 Å². The van der Waals surface area contributed by atoms with Crippen LogP contribution in [-0.2, 0) is 4.79 Å². The molecule has 0 radical (unpaired) electrons. The molecule has 1 rings (SSSR count). The van der Waals surface area contributed by atoms with Crippen molar-refractivity contribution in [2.45, 2.75) is 65.2 Å². The zero-order chi connectivity index (χ0) is 13.7. The Morgan fingerprint density at radius 2 is 2.11 bits per heavy atom. The van der Waals surface area contributed by atoms with Crippen molar-refractivity contribution >= 4 is 5.91 Å². The molecule has 0 aliphatic carbocycles. The van der Waals surface area contributed by atoms with E-state index in [9.17, 15) is 4.79 Å². The van der Waals surface area contributed by atoms with E-state index < -0.39 is 0 Å². The Morgan fingerprint density at radius 3 is 2.67 bits per heavy atom. The number of carbonyl (C=O) groups is 1. The average Bonchev–Trinajstić information content (AvgIpc) is 2.57. The summed E-state index contributed by atoms with van der Waals surface area (Å²) in [5.41, 5.74) is 0. The van der Waals surface area contributed by atoms with Crippen LogP contribution in [0.4, 0.5) is 0 Å². The predicted octanol–water partition coefficient (Wildman–Crippen LogP) is 1.66. The van der Waals surface area contributed by atoms with Crippen molar-refractivity contribution in [2.75, 3.05) is 20.1 Å². The minimum Gasteiger partial charge on any atom is -0.326 e. The summed E-state index contributed by atoms with van der Waals surface area (Å²) in [6.45, 7) is 10.5. The second-order valence-corrected chi connectivity index (χ2v) is 5.65. The first-order chi connectivity index (χ1) is 8.47. The molecule has 0 aromatic rings. The molecule has 0 saturated carbocycles. The maximum Gasteiger partial charge on any atom is 0.240 e. The fraction of sp³-hybridized carbons (Fsp3) is 0.929. The summed E-state index contributed by atoms with van der Waals surface area (Å²) in [4.78, 5) is 16.4. The van der Waals surface area contributed by atoms with Crippen LogP contribution in [0.5, 0.6) is 0 Å². The molecule has 1 N–H and O–H groups in total. The third-order valence-electron chi connectivity index (χ3n) is 3.83. The van der Waals surface area contributed by atoms with Crippen molar-refractivity contribution in [3.05, 3.63) is 0 Å². The highest BCUT2D eigenvalue weighted by Crippen LogP contribution is 2.15. The molecule has 1 aliphatic heterocycles. The van der Waals surface area contributed by atoms with Crippen LogP contribution in [0.25, 0.3) is 0 Å². The number of carbonyl (C=O) groups excluding carboxylic acids is 1. The topological polar surface area (TPSA) is 35.6 Å². The van der Waals surface area contributed by atoms with Gasteiger partial charge in [0.2, 0.25) is 5.91 Å². The van der Waals surface area contributed by atoms with Crippen LogP contribution < -0.4 is 5.32 Å². The highest BCUT2D eigenvalue weighted by atomic mass is 16.2. The van der Waals surface area contributed by atoms with Crippen molar-refractivity contribution in [2.24, 2.45) is 0 Å². The van der Waals surface area contributed by atoms with Crippen LogP contribution in [0.15, 0.2) is 0 Å². The maximum absolute atomic E-state index is 12.0. The summed E-state index contributed by atoms with van der Waals surface area (Å²) >= 11 is 0. The second-order valence-electron chi connectivity index (χ2n) is 5.65. The van der Waals surface area contributed by atoms with E-state index in [2.05, 4.69) is 38.0 Å². The third-order valence-corrected chi connectivity index (χ3v) is 3.83. The molecule has 18 heavy (non-hydrogen) atoms. The quantitative estimate of drug-likeness (QED) is 0.751. The van der Waals surface area contributed by atoms with Gasteiger partial charge in [-0.3, -0.25) is 10.1 Å². The summed E-state index contributed by atoms with van der Waals surface area (Å²) in [6, 6.07) is 0.562. The molecular weight excluding hydrogens is 226 g/mol. The SMILES string of the molecule is CCCC1NC(C)C(=O)N1CCCN(C)C(C)C. The van der Waals surface area contributed by atoms with Gasteiger partial charge in [0.25, 0.3) is 0 Å². The Balaban J connectivity index is 2.40. The first kappa shape index (κ1) is 15.4. The van der Waals surface area contributed by atoms with E-state index in [0.717, 1.165) is 32.4 Å². The maximum atomic E-state index is 12.0. The fourth-order valence-corrected chi connectivity index (χ4v) is 2.38. The van der Waals surface area contributed by atoms with E-state index in [1.807, 2.05) is 11.8 Å². The molecule has 2 atom stereocenters. The van der Waals surface area contributed by atoms with Gasteiger partial charge in [0.1, 0.15) is 0 Å². The lowest BCUT2D eigenvalue weighted by Gasteiger charge is -2.26. The predicted molar refractivity (Wildman–Crippen MR) is 75.4 cm³/mol. The van der Waals surface area contributed by atoms with Crippen molar-refractivity contribution in [3.63, 3.8) is 0 Å². The van der Waals surface area contributed by atoms with Crippen molar-refractivity contribution < 1.29 is 4.79 Å². The minimum absolute atomic E-state index is 0.00983. The molecule has 0 bridgehead atoms. The summed E-state index contributed by atoms with van der Waals surface area (Å²) in [5.74, 6) is 0.264. The molecule has 1 saturated heterocycles. The van der Waals surface area contributed by atoms with E-state index in [-0.39, 0.29) is 18.1 Å². The second kappa shape index (κ2) is 7.10. The lowest BCUT2D eigenvalue weighted by Crippen LogP contribution is -2.39. The van der Waals surface area contributed by atoms with Crippen LogP contribution in [-0.4, -0.2) is 54.1 Å². The third kappa shape index (κ3) is 3.95. The van der Waals surface area contributed by atoms with Gasteiger partial charge in [-0.05, 0) is 47.2 Å². The minimum atomic E-state index is -0.00983. The summed E-state index contributed by atoms with van der Waals surface area (Å²) < 4.78 is 0. The molecule has 106 valence electrons. The van der Waals surface area contributed by atoms with E-state index in [1.165, 1.54) is 0 Å². The number of nitrogens with one attached hydrogen (secondary N) is 1. The zero-order valence-corrected chi connectivity index (χ0v) is 12.6. The standard InChI is InChI=1S/C14H29N3O/c1-6-8-13-15-12(4)14(18)17(13)10-7-9-16(5)11(2)3/h11-13,15H,6-10H2,1-5H3. The molecule has 0 aromatic heterocycles. The molecule has 0 spiro atoms. The largest absolute Gasteiger partial charge is 0.326 e. The van der Waals surface area contributed by atoms with Gasteiger partial charge in [0, 0.05) is 12.6 Å². The molecular formula is C14H29N3O. The zero-order valence-electron chi connectivity index (χ0n) is 12.6. The summed E-state index contributed by atoms with van der Waals surface area (Å²) in [5, 5.41) is 3.38. The Hall–Kier alpha value is -0.610. The van der Waals surface area contributed by atoms with Gasteiger partial charge in [-0.1, -0.05) is 13.3 Å². The fourth-order valence-electron chi connectivity index (χ4n) is 2.38. The Labute approximate surface area is 112 Å². The van der Waals surface area contributed by atoms with Crippen molar-refractivity contribution in [1.29, 1.82) is 0 Å². The number of amides is 1. The lowest BCUT2D eigenvalue weighted by molar-refractivity contribution is -0.129. The number of hydrogen-bond donors (Lipinski definition) is 1. The van der Waals surface area contributed by atoms with E-state index in [4.69, 9.17) is 0 Å². The number of hydrogen-bond acceptors (Lipinski definition) is 3. The van der Waals surface area contributed by atoms with Crippen LogP contribution >= 0.6 is 0 Å². The smallest absolute Gasteiger partial charge is 0.240 e. The lowest BCUT2D eigenvalue weighted by atomic mass is 10.2. The first-order valence-electron chi connectivity index (χ1n) is 7.24. The highest BCUT2D eigenvalue weighted by Gasteiger charge is 2.34. The molecule has 1 aliphatic rings. The van der Waals surface area contributed by atoms with Gasteiger partial charge >= 0.3 is 0 Å². The number of rotatable bonds is 7. The Morgan fingerprint density at radius 1 is 1.44 bits per heavy atom. The molecule has 1 fully saturated rings. The summed E-state index contributed by atoms with van der Waals surface area (Å²) in [6.07, 6.45) is 3.47. The summed E-state index contributed by atoms with van der Waals surface area (Å²) in [7, 11) is 2.14. The van der Waals surface area contributed by atoms with Gasteiger partial charge in [-0.15, -0.1) is 0 Å². The van der Waals surface area contributed by atoms with Gasteiger partial charge in [0.15, 0.2) is 0 Å². The highest BCUT2D eigenvalue weighted by molar-refractivity contribution is 5.83. The number of nitrogens with zero attached hydrogens (tertiary/aromatic N) is 2. The van der Waals surface area contributed by atoms with Gasteiger partial charge in [0.05, 0.1) is 12.2 Å². The molecule has 1 heterocycles. The molecule has 0 aromatic carbocycles. The van der Waals surface area contributed by atoms with Crippen LogP contribution in [0.2, 0.25) is 0 Å². The van der Waals surface area contributed by atoms with Gasteiger partial charge in [-0.25, -0.2) is 0 Å². The Bertz CT molecular complexity index is 268. The molecule has 1 amide bonds. The van der Waals surface area contributed by atoms with Crippen LogP contribution in [0.1, 0.15) is 47.0 Å². The van der Waals surface area contributed by atoms with Crippen molar-refractivity contribution in [1.82, 2.24) is 15.1 Å². The van der Waals surface area contributed by atoms with E-state index >= 15 is 0 Å². The monoisotopic (exact) mass is 255 g/mol.